The van der Waals surface area contributed by atoms with Crippen LogP contribution in [0.3, 0.4) is 0 Å². The Bertz CT molecular complexity index is 593. The number of amides is 1. The number of halogens is 5. The van der Waals surface area contributed by atoms with Crippen molar-refractivity contribution in [1.29, 1.82) is 0 Å². The van der Waals surface area contributed by atoms with Crippen LogP contribution in [0.2, 0.25) is 0 Å². The van der Waals surface area contributed by atoms with E-state index >= 15 is 0 Å². The number of hydrogen-bond donors (Lipinski definition) is 3. The van der Waals surface area contributed by atoms with E-state index in [4.69, 9.17) is 0 Å². The summed E-state index contributed by atoms with van der Waals surface area (Å²) in [7, 11) is 1.43. The van der Waals surface area contributed by atoms with Crippen molar-refractivity contribution in [3.8, 4) is 0 Å². The third-order valence-corrected chi connectivity index (χ3v) is 3.04. The van der Waals surface area contributed by atoms with Gasteiger partial charge in [-0.2, -0.15) is 13.2 Å². The lowest BCUT2D eigenvalue weighted by Crippen LogP contribution is -2.43. The normalized spacial score (nSPS) is 11.5. The highest BCUT2D eigenvalue weighted by Crippen LogP contribution is 2.32. The maximum atomic E-state index is 13.1. The standard InChI is InChI=1S/C15H20F4N4O.HI/c1-3-6-21-13(24)9-23-14(20-2)22-8-10-4-5-11(16)7-12(10)15(17,18)19;/h4-5,7H,3,6,8-9H2,1-2H3,(H,21,24)(H2,20,22,23);1H. The predicted octanol–water partition coefficient (Wildman–Crippen LogP) is 2.65. The molecule has 1 amide bonds. The molecule has 0 saturated heterocycles. The topological polar surface area (TPSA) is 65.5 Å². The van der Waals surface area contributed by atoms with Crippen LogP contribution in [-0.2, 0) is 17.5 Å². The van der Waals surface area contributed by atoms with Gasteiger partial charge in [0.1, 0.15) is 5.82 Å². The molecule has 0 spiro atoms. The number of nitrogens with one attached hydrogen (secondary N) is 3. The number of carbonyl (C=O) groups excluding carboxylic acids is 1. The van der Waals surface area contributed by atoms with E-state index in [-0.39, 0.29) is 54.5 Å². The van der Waals surface area contributed by atoms with Gasteiger partial charge in [0.15, 0.2) is 5.96 Å². The first-order chi connectivity index (χ1) is 11.3. The second kappa shape index (κ2) is 11.1. The van der Waals surface area contributed by atoms with Gasteiger partial charge in [0.25, 0.3) is 0 Å². The molecule has 1 aromatic rings. The van der Waals surface area contributed by atoms with Crippen molar-refractivity contribution in [3.05, 3.63) is 35.1 Å². The van der Waals surface area contributed by atoms with Crippen LogP contribution < -0.4 is 16.0 Å². The SMILES string of the molecule is CCCNC(=O)CNC(=NC)NCc1ccc(F)cc1C(F)(F)F.I. The highest BCUT2D eigenvalue weighted by atomic mass is 127. The zero-order chi connectivity index (χ0) is 18.2. The predicted molar refractivity (Wildman–Crippen MR) is 98.3 cm³/mol. The molecule has 0 aromatic heterocycles. The molecule has 1 rings (SSSR count). The van der Waals surface area contributed by atoms with Gasteiger partial charge in [0, 0.05) is 20.1 Å². The summed E-state index contributed by atoms with van der Waals surface area (Å²) in [6.45, 7) is 2.17. The lowest BCUT2D eigenvalue weighted by atomic mass is 10.1. The Balaban J connectivity index is 0.00000576. The minimum atomic E-state index is -4.66. The van der Waals surface area contributed by atoms with Crippen LogP contribution in [0.4, 0.5) is 17.6 Å². The molecule has 3 N–H and O–H groups in total. The molecule has 0 fully saturated rings. The fourth-order valence-corrected chi connectivity index (χ4v) is 1.86. The first kappa shape index (κ1) is 23.4. The zero-order valence-electron chi connectivity index (χ0n) is 13.8. The van der Waals surface area contributed by atoms with E-state index in [1.165, 1.54) is 7.05 Å². The summed E-state index contributed by atoms with van der Waals surface area (Å²) in [5.74, 6) is -1.04. The zero-order valence-corrected chi connectivity index (χ0v) is 16.2. The Labute approximate surface area is 160 Å². The summed E-state index contributed by atoms with van der Waals surface area (Å²) < 4.78 is 51.8. The monoisotopic (exact) mass is 476 g/mol. The largest absolute Gasteiger partial charge is 0.416 e. The highest BCUT2D eigenvalue weighted by Gasteiger charge is 2.33. The molecule has 0 unspecified atom stereocenters. The van der Waals surface area contributed by atoms with Crippen LogP contribution in [-0.4, -0.2) is 32.0 Å². The Kier molecular flexibility index (Phi) is 10.4. The van der Waals surface area contributed by atoms with E-state index in [1.807, 2.05) is 6.92 Å². The number of hydrogen-bond acceptors (Lipinski definition) is 2. The molecule has 0 aliphatic carbocycles. The number of nitrogens with zero attached hydrogens (tertiary/aromatic N) is 1. The van der Waals surface area contributed by atoms with Crippen LogP contribution in [0, 0.1) is 5.82 Å². The Morgan fingerprint density at radius 2 is 1.88 bits per heavy atom. The van der Waals surface area contributed by atoms with Crippen LogP contribution in [0.25, 0.3) is 0 Å². The van der Waals surface area contributed by atoms with Crippen LogP contribution in [0.5, 0.6) is 0 Å². The minimum absolute atomic E-state index is 0. The molecular weight excluding hydrogens is 455 g/mol. The molecule has 1 aromatic carbocycles. The van der Waals surface area contributed by atoms with Crippen LogP contribution in [0.1, 0.15) is 24.5 Å². The fourth-order valence-electron chi connectivity index (χ4n) is 1.86. The second-order valence-electron chi connectivity index (χ2n) is 4.93. The van der Waals surface area contributed by atoms with E-state index in [2.05, 4.69) is 20.9 Å². The van der Waals surface area contributed by atoms with E-state index < -0.39 is 17.6 Å². The quantitative estimate of drug-likeness (QED) is 0.256. The molecule has 0 atom stereocenters. The van der Waals surface area contributed by atoms with Crippen molar-refractivity contribution >= 4 is 35.8 Å². The third kappa shape index (κ3) is 8.36. The summed E-state index contributed by atoms with van der Waals surface area (Å²) in [6, 6.07) is 2.47. The maximum absolute atomic E-state index is 13.1. The Morgan fingerprint density at radius 1 is 1.20 bits per heavy atom. The second-order valence-corrected chi connectivity index (χ2v) is 4.93. The van der Waals surface area contributed by atoms with E-state index in [1.54, 1.807) is 0 Å². The van der Waals surface area contributed by atoms with Gasteiger partial charge in [-0.1, -0.05) is 13.0 Å². The smallest absolute Gasteiger partial charge is 0.355 e. The summed E-state index contributed by atoms with van der Waals surface area (Å²) in [6.07, 6.45) is -3.86. The van der Waals surface area contributed by atoms with Crippen molar-refractivity contribution in [2.75, 3.05) is 20.1 Å². The summed E-state index contributed by atoms with van der Waals surface area (Å²) in [5, 5.41) is 8.00. The number of benzene rings is 1. The van der Waals surface area contributed by atoms with Crippen LogP contribution in [0.15, 0.2) is 23.2 Å². The van der Waals surface area contributed by atoms with E-state index in [9.17, 15) is 22.4 Å². The lowest BCUT2D eigenvalue weighted by Gasteiger charge is -2.15. The average Bonchev–Trinajstić information content (AvgIpc) is 2.53. The molecule has 0 saturated carbocycles. The van der Waals surface area contributed by atoms with Gasteiger partial charge in [0.05, 0.1) is 12.1 Å². The molecule has 0 bridgehead atoms. The number of guanidine groups is 1. The molecule has 0 radical (unpaired) electrons. The summed E-state index contributed by atoms with van der Waals surface area (Å²) >= 11 is 0. The number of rotatable bonds is 6. The molecule has 0 aliphatic rings. The van der Waals surface area contributed by atoms with Gasteiger partial charge < -0.3 is 16.0 Å². The fraction of sp³-hybridized carbons (Fsp3) is 0.467. The molecule has 5 nitrogen and oxygen atoms in total. The van der Waals surface area contributed by atoms with Crippen molar-refractivity contribution in [2.24, 2.45) is 4.99 Å². The molecule has 10 heteroatoms. The van der Waals surface area contributed by atoms with Crippen molar-refractivity contribution in [3.63, 3.8) is 0 Å². The number of carbonyl (C=O) groups is 1. The molecular formula is C15H21F4IN4O. The van der Waals surface area contributed by atoms with Crippen molar-refractivity contribution in [2.45, 2.75) is 26.1 Å². The average molecular weight is 476 g/mol. The van der Waals surface area contributed by atoms with Gasteiger partial charge in [-0.05, 0) is 24.1 Å². The van der Waals surface area contributed by atoms with Crippen molar-refractivity contribution < 1.29 is 22.4 Å². The number of aliphatic imine (C=N–C) groups is 1. The van der Waals surface area contributed by atoms with E-state index in [0.29, 0.717) is 12.6 Å². The van der Waals surface area contributed by atoms with Gasteiger partial charge in [-0.3, -0.25) is 9.79 Å². The number of alkyl halides is 3. The van der Waals surface area contributed by atoms with Gasteiger partial charge in [-0.15, -0.1) is 24.0 Å². The molecule has 25 heavy (non-hydrogen) atoms. The summed E-state index contributed by atoms with van der Waals surface area (Å²) in [5.41, 5.74) is -1.17. The van der Waals surface area contributed by atoms with Crippen LogP contribution >= 0.6 is 24.0 Å². The lowest BCUT2D eigenvalue weighted by molar-refractivity contribution is -0.138. The van der Waals surface area contributed by atoms with Gasteiger partial charge in [-0.25, -0.2) is 4.39 Å². The Hall–Kier alpha value is -1.59. The maximum Gasteiger partial charge on any atom is 0.416 e. The molecule has 142 valence electrons. The molecule has 0 heterocycles. The highest BCUT2D eigenvalue weighted by molar-refractivity contribution is 14.0. The van der Waals surface area contributed by atoms with E-state index in [0.717, 1.165) is 18.6 Å². The van der Waals surface area contributed by atoms with Gasteiger partial charge >= 0.3 is 6.18 Å². The Morgan fingerprint density at radius 3 is 2.44 bits per heavy atom. The van der Waals surface area contributed by atoms with Crippen molar-refractivity contribution in [1.82, 2.24) is 16.0 Å². The minimum Gasteiger partial charge on any atom is -0.355 e. The first-order valence-electron chi connectivity index (χ1n) is 7.34. The molecule has 0 aliphatic heterocycles. The first-order valence-corrected chi connectivity index (χ1v) is 7.34. The van der Waals surface area contributed by atoms with Gasteiger partial charge in [0.2, 0.25) is 5.91 Å². The summed E-state index contributed by atoms with van der Waals surface area (Å²) in [4.78, 5) is 15.3. The third-order valence-electron chi connectivity index (χ3n) is 3.04.